The van der Waals surface area contributed by atoms with Crippen molar-refractivity contribution >= 4 is 11.9 Å². The van der Waals surface area contributed by atoms with E-state index in [1.165, 1.54) is 19.2 Å². The zero-order valence-electron chi connectivity index (χ0n) is 15.9. The van der Waals surface area contributed by atoms with E-state index in [1.807, 2.05) is 13.8 Å². The summed E-state index contributed by atoms with van der Waals surface area (Å²) in [6, 6.07) is 5.95. The van der Waals surface area contributed by atoms with Crippen molar-refractivity contribution in [2.45, 2.75) is 45.6 Å². The summed E-state index contributed by atoms with van der Waals surface area (Å²) in [5.41, 5.74) is 0. The molecule has 2 N–H and O–H groups in total. The minimum absolute atomic E-state index is 0.129. The summed E-state index contributed by atoms with van der Waals surface area (Å²) in [4.78, 5) is 15.5. The van der Waals surface area contributed by atoms with Gasteiger partial charge < -0.3 is 20.1 Å². The summed E-state index contributed by atoms with van der Waals surface area (Å²) in [5, 5.41) is 6.45. The highest BCUT2D eigenvalue weighted by atomic mass is 19.1. The Bertz CT molecular complexity index is 549. The van der Waals surface area contributed by atoms with Crippen molar-refractivity contribution in [3.05, 3.63) is 30.1 Å². The fraction of sp³-hybridized carbons (Fsp3) is 0.579. The van der Waals surface area contributed by atoms with Gasteiger partial charge in [0, 0.05) is 19.5 Å². The highest BCUT2D eigenvalue weighted by molar-refractivity contribution is 5.79. The van der Waals surface area contributed by atoms with Crippen LogP contribution in [0.4, 0.5) is 4.39 Å². The summed E-state index contributed by atoms with van der Waals surface area (Å²) >= 11 is 0. The van der Waals surface area contributed by atoms with Crippen LogP contribution in [0.5, 0.6) is 5.75 Å². The minimum Gasteiger partial charge on any atom is -0.489 e. The van der Waals surface area contributed by atoms with E-state index in [4.69, 9.17) is 4.74 Å². The van der Waals surface area contributed by atoms with E-state index < -0.39 is 0 Å². The summed E-state index contributed by atoms with van der Waals surface area (Å²) in [7, 11) is 1.41. The molecule has 0 saturated heterocycles. The number of carbonyl (C=O) groups excluding carboxylic acids is 1. The van der Waals surface area contributed by atoms with Gasteiger partial charge in [0.05, 0.1) is 13.7 Å². The third kappa shape index (κ3) is 9.86. The maximum atomic E-state index is 12.9. The van der Waals surface area contributed by atoms with E-state index in [0.717, 1.165) is 38.3 Å². The largest absolute Gasteiger partial charge is 0.489 e. The second kappa shape index (κ2) is 13.0. The first-order valence-electron chi connectivity index (χ1n) is 9.06. The molecule has 0 radical (unpaired) electrons. The molecule has 1 aromatic carbocycles. The quantitative estimate of drug-likeness (QED) is 0.272. The highest BCUT2D eigenvalue weighted by Gasteiger charge is 2.05. The van der Waals surface area contributed by atoms with Crippen molar-refractivity contribution in [3.63, 3.8) is 0 Å². The molecule has 0 aliphatic carbocycles. The van der Waals surface area contributed by atoms with Gasteiger partial charge in [-0.1, -0.05) is 6.42 Å². The number of halogens is 1. The molecule has 0 saturated carbocycles. The zero-order valence-corrected chi connectivity index (χ0v) is 15.9. The van der Waals surface area contributed by atoms with Gasteiger partial charge in [0.15, 0.2) is 5.96 Å². The van der Waals surface area contributed by atoms with Gasteiger partial charge in [-0.15, -0.1) is 0 Å². The molecule has 1 aromatic rings. The summed E-state index contributed by atoms with van der Waals surface area (Å²) in [6.45, 7) is 5.95. The second-order valence-corrected chi connectivity index (χ2v) is 5.92. The molecule has 26 heavy (non-hydrogen) atoms. The smallest absolute Gasteiger partial charge is 0.305 e. The summed E-state index contributed by atoms with van der Waals surface area (Å²) in [6.07, 6.45) is 3.05. The van der Waals surface area contributed by atoms with Crippen LogP contribution >= 0.6 is 0 Å². The van der Waals surface area contributed by atoms with Crippen molar-refractivity contribution in [2.75, 3.05) is 26.7 Å². The lowest BCUT2D eigenvalue weighted by Gasteiger charge is -2.15. The van der Waals surface area contributed by atoms with Crippen molar-refractivity contribution in [2.24, 2.45) is 4.99 Å². The predicted molar refractivity (Wildman–Crippen MR) is 101 cm³/mol. The molecule has 146 valence electrons. The third-order valence-electron chi connectivity index (χ3n) is 3.58. The molecule has 1 atom stereocenters. The van der Waals surface area contributed by atoms with Crippen LogP contribution in [0.1, 0.15) is 39.5 Å². The molecule has 1 rings (SSSR count). The molecule has 6 nitrogen and oxygen atoms in total. The molecule has 0 aliphatic rings. The number of esters is 1. The number of nitrogens with zero attached hydrogens (tertiary/aromatic N) is 1. The van der Waals surface area contributed by atoms with Crippen LogP contribution in [0.25, 0.3) is 0 Å². The second-order valence-electron chi connectivity index (χ2n) is 5.92. The molecule has 0 bridgehead atoms. The highest BCUT2D eigenvalue weighted by Crippen LogP contribution is 2.13. The molecule has 1 unspecified atom stereocenters. The Balaban J connectivity index is 2.30. The van der Waals surface area contributed by atoms with E-state index >= 15 is 0 Å². The Morgan fingerprint density at radius 3 is 2.58 bits per heavy atom. The van der Waals surface area contributed by atoms with Crippen LogP contribution in [0, 0.1) is 5.82 Å². The zero-order chi connectivity index (χ0) is 19.2. The fourth-order valence-corrected chi connectivity index (χ4v) is 2.22. The Hall–Kier alpha value is -2.31. The van der Waals surface area contributed by atoms with Gasteiger partial charge >= 0.3 is 5.97 Å². The van der Waals surface area contributed by atoms with E-state index in [-0.39, 0.29) is 17.9 Å². The first-order chi connectivity index (χ1) is 12.5. The number of guanidine groups is 1. The van der Waals surface area contributed by atoms with Gasteiger partial charge in [-0.2, -0.15) is 0 Å². The molecular weight excluding hydrogens is 337 g/mol. The van der Waals surface area contributed by atoms with Crippen LogP contribution in [0.3, 0.4) is 0 Å². The van der Waals surface area contributed by atoms with Gasteiger partial charge in [0.1, 0.15) is 17.7 Å². The predicted octanol–water partition coefficient (Wildman–Crippen LogP) is 2.88. The molecule has 0 fully saturated rings. The van der Waals surface area contributed by atoms with Gasteiger partial charge in [0.2, 0.25) is 0 Å². The lowest BCUT2D eigenvalue weighted by Crippen LogP contribution is -2.38. The number of benzene rings is 1. The van der Waals surface area contributed by atoms with Gasteiger partial charge in [-0.05, 0) is 51.0 Å². The van der Waals surface area contributed by atoms with E-state index in [9.17, 15) is 9.18 Å². The maximum Gasteiger partial charge on any atom is 0.305 e. The molecule has 0 aromatic heterocycles. The summed E-state index contributed by atoms with van der Waals surface area (Å²) < 4.78 is 23.2. The van der Waals surface area contributed by atoms with Crippen LogP contribution in [0.2, 0.25) is 0 Å². The van der Waals surface area contributed by atoms with Crippen LogP contribution in [-0.2, 0) is 9.53 Å². The first-order valence-corrected chi connectivity index (χ1v) is 9.06. The average Bonchev–Trinajstić information content (AvgIpc) is 2.64. The average molecular weight is 367 g/mol. The Kier molecular flexibility index (Phi) is 10.8. The van der Waals surface area contributed by atoms with Crippen LogP contribution in [0.15, 0.2) is 29.3 Å². The van der Waals surface area contributed by atoms with Crippen molar-refractivity contribution in [1.29, 1.82) is 0 Å². The number of rotatable bonds is 11. The van der Waals surface area contributed by atoms with E-state index in [1.54, 1.807) is 12.1 Å². The number of hydrogen-bond donors (Lipinski definition) is 2. The van der Waals surface area contributed by atoms with E-state index in [2.05, 4.69) is 20.4 Å². The number of aliphatic imine (C=N–C) groups is 1. The van der Waals surface area contributed by atoms with E-state index in [0.29, 0.717) is 18.7 Å². The lowest BCUT2D eigenvalue weighted by atomic mass is 10.2. The summed E-state index contributed by atoms with van der Waals surface area (Å²) in [5.74, 6) is 0.906. The topological polar surface area (TPSA) is 72.0 Å². The minimum atomic E-state index is -0.284. The van der Waals surface area contributed by atoms with Gasteiger partial charge in [-0.3, -0.25) is 4.79 Å². The molecule has 0 aliphatic heterocycles. The van der Waals surface area contributed by atoms with Crippen molar-refractivity contribution in [3.8, 4) is 5.75 Å². The molecule has 0 heterocycles. The first kappa shape index (κ1) is 21.7. The molecule has 0 amide bonds. The monoisotopic (exact) mass is 367 g/mol. The number of unbranched alkanes of at least 4 members (excludes halogenated alkanes) is 2. The Morgan fingerprint density at radius 2 is 1.92 bits per heavy atom. The number of carbonyl (C=O) groups is 1. The normalized spacial score (nSPS) is 12.4. The fourth-order valence-electron chi connectivity index (χ4n) is 2.22. The standard InChI is InChI=1S/C19H30FN3O3/c1-4-21-19(22-13-7-5-6-8-18(24)25-3)23-14-15(2)26-17-11-9-16(20)10-12-17/h9-12,15H,4-8,13-14H2,1-3H3,(H2,21,22,23). The van der Waals surface area contributed by atoms with Crippen molar-refractivity contribution in [1.82, 2.24) is 10.6 Å². The van der Waals surface area contributed by atoms with Gasteiger partial charge in [0.25, 0.3) is 0 Å². The molecule has 0 spiro atoms. The number of methoxy groups -OCH3 is 1. The Morgan fingerprint density at radius 1 is 1.19 bits per heavy atom. The SMILES string of the molecule is CCNC(=NCC(C)Oc1ccc(F)cc1)NCCCCCC(=O)OC. The van der Waals surface area contributed by atoms with Crippen molar-refractivity contribution < 1.29 is 18.7 Å². The lowest BCUT2D eigenvalue weighted by molar-refractivity contribution is -0.140. The number of ether oxygens (including phenoxy) is 2. The van der Waals surface area contributed by atoms with Crippen LogP contribution in [-0.4, -0.2) is 44.8 Å². The van der Waals surface area contributed by atoms with Gasteiger partial charge in [-0.25, -0.2) is 9.38 Å². The number of nitrogens with one attached hydrogen (secondary N) is 2. The molecular formula is C19H30FN3O3. The Labute approximate surface area is 155 Å². The third-order valence-corrected chi connectivity index (χ3v) is 3.58. The maximum absolute atomic E-state index is 12.9. The molecule has 7 heteroatoms. The van der Waals surface area contributed by atoms with Crippen LogP contribution < -0.4 is 15.4 Å². The number of hydrogen-bond acceptors (Lipinski definition) is 4.